The summed E-state index contributed by atoms with van der Waals surface area (Å²) in [5.41, 5.74) is 0.356. The molecule has 1 N–H and O–H groups in total. The van der Waals surface area contributed by atoms with Gasteiger partial charge in [-0.25, -0.2) is 4.79 Å². The van der Waals surface area contributed by atoms with Crippen LogP contribution < -0.4 is 5.32 Å². The highest BCUT2D eigenvalue weighted by atomic mass is 16.2. The lowest BCUT2D eigenvalue weighted by atomic mass is 9.74. The minimum atomic E-state index is -0.831. The number of rotatable bonds is 8. The van der Waals surface area contributed by atoms with Crippen molar-refractivity contribution in [2.75, 3.05) is 26.2 Å². The van der Waals surface area contributed by atoms with Crippen LogP contribution in [0.3, 0.4) is 0 Å². The SMILES string of the molecule is CC#CCN1C(=O)N[C@@](CCc2ccccc2)(C2CCN(C/C=C/C(C)C)CC2)C1=O. The smallest absolute Gasteiger partial charge is 0.323 e. The molecule has 0 unspecified atom stereocenters. The third kappa shape index (κ3) is 5.57. The van der Waals surface area contributed by atoms with Crippen molar-refractivity contribution < 1.29 is 9.59 Å². The van der Waals surface area contributed by atoms with Gasteiger partial charge >= 0.3 is 6.03 Å². The van der Waals surface area contributed by atoms with Crippen LogP contribution in [0, 0.1) is 23.7 Å². The van der Waals surface area contributed by atoms with E-state index in [1.807, 2.05) is 18.2 Å². The van der Waals surface area contributed by atoms with Gasteiger partial charge in [0.15, 0.2) is 0 Å². The molecule has 2 saturated heterocycles. The first-order valence-corrected chi connectivity index (χ1v) is 11.4. The van der Waals surface area contributed by atoms with Gasteiger partial charge in [-0.1, -0.05) is 62.3 Å². The third-order valence-corrected chi connectivity index (χ3v) is 6.44. The molecule has 1 aromatic rings. The number of carbonyl (C=O) groups is 2. The van der Waals surface area contributed by atoms with Crippen molar-refractivity contribution in [3.63, 3.8) is 0 Å². The minimum absolute atomic E-state index is 0.102. The molecular formula is C26H35N3O2. The summed E-state index contributed by atoms with van der Waals surface area (Å²) in [4.78, 5) is 30.0. The van der Waals surface area contributed by atoms with E-state index in [-0.39, 0.29) is 24.4 Å². The van der Waals surface area contributed by atoms with Crippen molar-refractivity contribution >= 4 is 11.9 Å². The van der Waals surface area contributed by atoms with Crippen LogP contribution in [0.1, 0.15) is 45.6 Å². The second kappa shape index (κ2) is 10.6. The van der Waals surface area contributed by atoms with E-state index >= 15 is 0 Å². The summed E-state index contributed by atoms with van der Waals surface area (Å²) >= 11 is 0. The van der Waals surface area contributed by atoms with Gasteiger partial charge in [0.2, 0.25) is 0 Å². The maximum absolute atomic E-state index is 13.5. The molecule has 2 heterocycles. The number of aryl methyl sites for hydroxylation is 1. The van der Waals surface area contributed by atoms with Crippen molar-refractivity contribution in [2.24, 2.45) is 11.8 Å². The predicted octanol–water partition coefficient (Wildman–Crippen LogP) is 3.86. The quantitative estimate of drug-likeness (QED) is 0.394. The maximum atomic E-state index is 13.5. The van der Waals surface area contributed by atoms with Crippen LogP contribution in [0.25, 0.3) is 0 Å². The highest BCUT2D eigenvalue weighted by Crippen LogP contribution is 2.37. The van der Waals surface area contributed by atoms with Crippen LogP contribution >= 0.6 is 0 Å². The van der Waals surface area contributed by atoms with Crippen LogP contribution in [-0.4, -0.2) is 53.5 Å². The Balaban J connectivity index is 1.74. The standard InChI is InChI=1S/C26H35N3O2/c1-4-5-18-29-24(30)26(27-25(29)31,16-13-22-11-7-6-8-12-22)23-14-19-28(20-15-23)17-9-10-21(2)3/h6-12,21,23H,13-20H2,1-3H3,(H,27,31)/b10-9+/t26-/m0/s1. The molecule has 31 heavy (non-hydrogen) atoms. The minimum Gasteiger partial charge on any atom is -0.323 e. The molecule has 0 aliphatic carbocycles. The zero-order valence-electron chi connectivity index (χ0n) is 19.1. The molecule has 2 aliphatic rings. The average molecular weight is 422 g/mol. The number of nitrogens with one attached hydrogen (secondary N) is 1. The van der Waals surface area contributed by atoms with Crippen molar-refractivity contribution in [1.82, 2.24) is 15.1 Å². The third-order valence-electron chi connectivity index (χ3n) is 6.44. The Labute approximate surface area is 186 Å². The number of imide groups is 1. The van der Waals surface area contributed by atoms with Crippen molar-refractivity contribution in [3.8, 4) is 11.8 Å². The number of allylic oxidation sites excluding steroid dienone is 1. The molecule has 2 aliphatic heterocycles. The molecule has 1 aromatic carbocycles. The first kappa shape index (κ1) is 23.1. The topological polar surface area (TPSA) is 52.7 Å². The summed E-state index contributed by atoms with van der Waals surface area (Å²) in [6, 6.07) is 9.89. The monoisotopic (exact) mass is 421 g/mol. The van der Waals surface area contributed by atoms with Gasteiger partial charge in [-0.05, 0) is 63.1 Å². The Bertz CT molecular complexity index is 844. The maximum Gasteiger partial charge on any atom is 0.325 e. The Kier molecular flexibility index (Phi) is 7.92. The van der Waals surface area contributed by atoms with Gasteiger partial charge in [0.25, 0.3) is 5.91 Å². The van der Waals surface area contributed by atoms with E-state index in [4.69, 9.17) is 0 Å². The van der Waals surface area contributed by atoms with E-state index in [1.54, 1.807) is 6.92 Å². The normalized spacial score (nSPS) is 22.8. The van der Waals surface area contributed by atoms with Crippen LogP contribution in [0.15, 0.2) is 42.5 Å². The Morgan fingerprint density at radius 1 is 1.19 bits per heavy atom. The van der Waals surface area contributed by atoms with E-state index < -0.39 is 5.54 Å². The summed E-state index contributed by atoms with van der Waals surface area (Å²) in [5.74, 6) is 6.27. The molecule has 3 amide bonds. The van der Waals surface area contributed by atoms with Gasteiger partial charge in [0.1, 0.15) is 5.54 Å². The number of benzene rings is 1. The zero-order valence-corrected chi connectivity index (χ0v) is 19.1. The summed E-state index contributed by atoms with van der Waals surface area (Å²) in [5, 5.41) is 3.13. The highest BCUT2D eigenvalue weighted by molar-refractivity contribution is 6.07. The van der Waals surface area contributed by atoms with Gasteiger partial charge in [0, 0.05) is 6.54 Å². The lowest BCUT2D eigenvalue weighted by Crippen LogP contribution is -2.56. The first-order valence-electron chi connectivity index (χ1n) is 11.4. The predicted molar refractivity (Wildman–Crippen MR) is 124 cm³/mol. The van der Waals surface area contributed by atoms with Crippen LogP contribution in [0.4, 0.5) is 4.79 Å². The molecule has 5 nitrogen and oxygen atoms in total. The molecule has 0 bridgehead atoms. The van der Waals surface area contributed by atoms with Gasteiger partial charge in [-0.3, -0.25) is 14.6 Å². The summed E-state index contributed by atoms with van der Waals surface area (Å²) < 4.78 is 0. The van der Waals surface area contributed by atoms with Gasteiger partial charge < -0.3 is 5.32 Å². The molecule has 2 fully saturated rings. The largest absolute Gasteiger partial charge is 0.325 e. The second-order valence-corrected chi connectivity index (χ2v) is 8.95. The molecule has 5 heteroatoms. The van der Waals surface area contributed by atoms with Crippen molar-refractivity contribution in [2.45, 2.75) is 52.0 Å². The van der Waals surface area contributed by atoms with Crippen LogP contribution in [0.2, 0.25) is 0 Å². The number of hydrogen-bond acceptors (Lipinski definition) is 3. The number of likely N-dealkylation sites (tertiary alicyclic amines) is 1. The fourth-order valence-electron chi connectivity index (χ4n) is 4.67. The van der Waals surface area contributed by atoms with Crippen LogP contribution in [-0.2, 0) is 11.2 Å². The second-order valence-electron chi connectivity index (χ2n) is 8.95. The molecule has 0 saturated carbocycles. The van der Waals surface area contributed by atoms with Crippen molar-refractivity contribution in [1.29, 1.82) is 0 Å². The Hall–Kier alpha value is -2.58. The fraction of sp³-hybridized carbons (Fsp3) is 0.538. The molecule has 166 valence electrons. The summed E-state index contributed by atoms with van der Waals surface area (Å²) in [6.45, 7) is 9.08. The van der Waals surface area contributed by atoms with E-state index in [9.17, 15) is 9.59 Å². The van der Waals surface area contributed by atoms with Gasteiger partial charge in [-0.15, -0.1) is 5.92 Å². The van der Waals surface area contributed by atoms with E-state index in [1.165, 1.54) is 10.5 Å². The Morgan fingerprint density at radius 3 is 2.55 bits per heavy atom. The molecule has 0 radical (unpaired) electrons. The molecular weight excluding hydrogens is 386 g/mol. The highest BCUT2D eigenvalue weighted by Gasteiger charge is 2.55. The number of amides is 3. The molecule has 0 spiro atoms. The van der Waals surface area contributed by atoms with Crippen molar-refractivity contribution in [3.05, 3.63) is 48.0 Å². The van der Waals surface area contributed by atoms with Crippen LogP contribution in [0.5, 0.6) is 0 Å². The van der Waals surface area contributed by atoms with Gasteiger partial charge in [0.05, 0.1) is 6.54 Å². The number of carbonyl (C=O) groups excluding carboxylic acids is 2. The first-order chi connectivity index (χ1) is 15.0. The van der Waals surface area contributed by atoms with Gasteiger partial charge in [-0.2, -0.15) is 0 Å². The number of hydrogen-bond donors (Lipinski definition) is 1. The van der Waals surface area contributed by atoms with E-state index in [0.717, 1.165) is 38.9 Å². The molecule has 3 rings (SSSR count). The Morgan fingerprint density at radius 2 is 1.90 bits per heavy atom. The number of piperidine rings is 1. The fourth-order valence-corrected chi connectivity index (χ4v) is 4.67. The number of urea groups is 1. The number of nitrogens with zero attached hydrogens (tertiary/aromatic N) is 2. The lowest BCUT2D eigenvalue weighted by molar-refractivity contribution is -0.133. The summed E-state index contributed by atoms with van der Waals surface area (Å²) in [7, 11) is 0. The van der Waals surface area contributed by atoms with E-state index in [2.05, 4.69) is 60.2 Å². The molecule has 0 aromatic heterocycles. The van der Waals surface area contributed by atoms with E-state index in [0.29, 0.717) is 12.3 Å². The lowest BCUT2D eigenvalue weighted by Gasteiger charge is -2.40. The molecule has 1 atom stereocenters. The summed E-state index contributed by atoms with van der Waals surface area (Å²) in [6.07, 6.45) is 7.67. The average Bonchev–Trinajstić information content (AvgIpc) is 3.02. The zero-order chi connectivity index (χ0) is 22.3.